The summed E-state index contributed by atoms with van der Waals surface area (Å²) in [6, 6.07) is 6.17. The van der Waals surface area contributed by atoms with Gasteiger partial charge < -0.3 is 15.0 Å². The average Bonchev–Trinajstić information content (AvgIpc) is 2.48. The van der Waals surface area contributed by atoms with Gasteiger partial charge in [-0.1, -0.05) is 6.07 Å². The SMILES string of the molecule is CC1NCCN(C(=O)COc2cccc([N+](=O)[O-])c2)C1C.Cl. The molecule has 1 aromatic carbocycles. The molecule has 0 saturated carbocycles. The molecule has 122 valence electrons. The Balaban J connectivity index is 0.00000242. The van der Waals surface area contributed by atoms with Gasteiger partial charge in [-0.15, -0.1) is 12.4 Å². The van der Waals surface area contributed by atoms with Crippen molar-refractivity contribution >= 4 is 24.0 Å². The van der Waals surface area contributed by atoms with Gasteiger partial charge in [-0.05, 0) is 19.9 Å². The third kappa shape index (κ3) is 4.32. The van der Waals surface area contributed by atoms with E-state index in [9.17, 15) is 14.9 Å². The van der Waals surface area contributed by atoms with E-state index in [0.29, 0.717) is 12.3 Å². The highest BCUT2D eigenvalue weighted by molar-refractivity contribution is 5.85. The van der Waals surface area contributed by atoms with Crippen LogP contribution in [0.3, 0.4) is 0 Å². The lowest BCUT2D eigenvalue weighted by molar-refractivity contribution is -0.384. The molecule has 1 aliphatic rings. The largest absolute Gasteiger partial charge is 0.484 e. The van der Waals surface area contributed by atoms with Crippen molar-refractivity contribution in [2.75, 3.05) is 19.7 Å². The van der Waals surface area contributed by atoms with Crippen molar-refractivity contribution in [3.63, 3.8) is 0 Å². The van der Waals surface area contributed by atoms with Gasteiger partial charge in [0, 0.05) is 31.2 Å². The van der Waals surface area contributed by atoms with Gasteiger partial charge in [-0.2, -0.15) is 0 Å². The molecule has 8 heteroatoms. The van der Waals surface area contributed by atoms with Crippen LogP contribution in [0.25, 0.3) is 0 Å². The van der Waals surface area contributed by atoms with Crippen molar-refractivity contribution in [1.29, 1.82) is 0 Å². The summed E-state index contributed by atoms with van der Waals surface area (Å²) in [7, 11) is 0. The molecule has 1 amide bonds. The van der Waals surface area contributed by atoms with Crippen molar-refractivity contribution in [2.24, 2.45) is 0 Å². The average molecular weight is 330 g/mol. The maximum atomic E-state index is 12.2. The molecule has 7 nitrogen and oxygen atoms in total. The summed E-state index contributed by atoms with van der Waals surface area (Å²) in [5, 5.41) is 14.0. The Bertz CT molecular complexity index is 541. The lowest BCUT2D eigenvalue weighted by Gasteiger charge is -2.38. The first kappa shape index (κ1) is 18.2. The number of amides is 1. The molecule has 1 N–H and O–H groups in total. The van der Waals surface area contributed by atoms with Crippen LogP contribution in [-0.4, -0.2) is 47.5 Å². The predicted molar refractivity (Wildman–Crippen MR) is 84.5 cm³/mol. The standard InChI is InChI=1S/C14H19N3O4.ClH/c1-10-11(2)16(7-6-15-10)14(18)9-21-13-5-3-4-12(8-13)17(19)20;/h3-5,8,10-11,15H,6-7,9H2,1-2H3;1H. The summed E-state index contributed by atoms with van der Waals surface area (Å²) in [5.74, 6) is 0.218. The molecule has 0 aromatic heterocycles. The predicted octanol–water partition coefficient (Wildman–Crippen LogP) is 1.60. The zero-order valence-corrected chi connectivity index (χ0v) is 13.3. The Morgan fingerprint density at radius 2 is 2.23 bits per heavy atom. The van der Waals surface area contributed by atoms with Crippen LogP contribution in [-0.2, 0) is 4.79 Å². The molecule has 1 heterocycles. The van der Waals surface area contributed by atoms with E-state index in [0.717, 1.165) is 6.54 Å². The van der Waals surface area contributed by atoms with Crippen molar-refractivity contribution in [2.45, 2.75) is 25.9 Å². The second-order valence-corrected chi connectivity index (χ2v) is 5.11. The maximum Gasteiger partial charge on any atom is 0.273 e. The number of nitro groups is 1. The van der Waals surface area contributed by atoms with E-state index in [2.05, 4.69) is 5.32 Å². The number of halogens is 1. The number of non-ortho nitro benzene ring substituents is 1. The van der Waals surface area contributed by atoms with Crippen LogP contribution in [0, 0.1) is 10.1 Å². The molecule has 0 bridgehead atoms. The number of nitro benzene ring substituents is 1. The van der Waals surface area contributed by atoms with E-state index in [4.69, 9.17) is 4.74 Å². The van der Waals surface area contributed by atoms with Gasteiger partial charge in [0.25, 0.3) is 11.6 Å². The van der Waals surface area contributed by atoms with Crippen molar-refractivity contribution in [1.82, 2.24) is 10.2 Å². The van der Waals surface area contributed by atoms with E-state index >= 15 is 0 Å². The van der Waals surface area contributed by atoms with Gasteiger partial charge in [0.2, 0.25) is 0 Å². The number of rotatable bonds is 4. The first-order valence-electron chi connectivity index (χ1n) is 6.89. The first-order chi connectivity index (χ1) is 9.99. The van der Waals surface area contributed by atoms with Crippen LogP contribution in [0.2, 0.25) is 0 Å². The summed E-state index contributed by atoms with van der Waals surface area (Å²) in [6.07, 6.45) is 0. The highest BCUT2D eigenvalue weighted by Crippen LogP contribution is 2.19. The normalized spacial score (nSPS) is 20.9. The molecule has 2 unspecified atom stereocenters. The molecule has 1 saturated heterocycles. The number of nitrogens with zero attached hydrogens (tertiary/aromatic N) is 2. The Morgan fingerprint density at radius 1 is 1.50 bits per heavy atom. The smallest absolute Gasteiger partial charge is 0.273 e. The number of ether oxygens (including phenoxy) is 1. The lowest BCUT2D eigenvalue weighted by atomic mass is 10.1. The van der Waals surface area contributed by atoms with E-state index in [1.165, 1.54) is 18.2 Å². The number of hydrogen-bond donors (Lipinski definition) is 1. The van der Waals surface area contributed by atoms with Crippen molar-refractivity contribution in [3.05, 3.63) is 34.4 Å². The van der Waals surface area contributed by atoms with Gasteiger partial charge in [0.05, 0.1) is 11.0 Å². The summed E-state index contributed by atoms with van der Waals surface area (Å²) >= 11 is 0. The summed E-state index contributed by atoms with van der Waals surface area (Å²) < 4.78 is 5.38. The summed E-state index contributed by atoms with van der Waals surface area (Å²) in [6.45, 7) is 5.31. The molecule has 0 radical (unpaired) electrons. The molecule has 0 aliphatic carbocycles. The van der Waals surface area contributed by atoms with E-state index in [-0.39, 0.29) is 42.7 Å². The molecule has 2 atom stereocenters. The van der Waals surface area contributed by atoms with Crippen LogP contribution in [0.1, 0.15) is 13.8 Å². The van der Waals surface area contributed by atoms with Crippen molar-refractivity contribution in [3.8, 4) is 5.75 Å². The minimum absolute atomic E-state index is 0. The summed E-state index contributed by atoms with van der Waals surface area (Å²) in [4.78, 5) is 24.2. The highest BCUT2D eigenvalue weighted by atomic mass is 35.5. The van der Waals surface area contributed by atoms with Crippen LogP contribution >= 0.6 is 12.4 Å². The molecule has 2 rings (SSSR count). The molecular formula is C14H20ClN3O4. The van der Waals surface area contributed by atoms with Gasteiger partial charge in [0.15, 0.2) is 6.61 Å². The Kier molecular flexibility index (Phi) is 6.58. The van der Waals surface area contributed by atoms with E-state index < -0.39 is 4.92 Å². The molecule has 1 aromatic rings. The highest BCUT2D eigenvalue weighted by Gasteiger charge is 2.28. The van der Waals surface area contributed by atoms with Gasteiger partial charge in [-0.3, -0.25) is 14.9 Å². The minimum Gasteiger partial charge on any atom is -0.484 e. The second kappa shape index (κ2) is 7.95. The van der Waals surface area contributed by atoms with Crippen molar-refractivity contribution < 1.29 is 14.5 Å². The number of benzene rings is 1. The number of carbonyl (C=O) groups is 1. The fourth-order valence-corrected chi connectivity index (χ4v) is 2.32. The van der Waals surface area contributed by atoms with Gasteiger partial charge in [0.1, 0.15) is 5.75 Å². The third-order valence-electron chi connectivity index (χ3n) is 3.75. The third-order valence-corrected chi connectivity index (χ3v) is 3.75. The molecule has 1 aliphatic heterocycles. The van der Waals surface area contributed by atoms with Crippen LogP contribution in [0.4, 0.5) is 5.69 Å². The van der Waals surface area contributed by atoms with E-state index in [1.54, 1.807) is 11.0 Å². The Hall–Kier alpha value is -1.86. The number of carbonyl (C=O) groups excluding carboxylic acids is 1. The molecule has 1 fully saturated rings. The zero-order valence-electron chi connectivity index (χ0n) is 12.5. The van der Waals surface area contributed by atoms with Crippen LogP contribution in [0.5, 0.6) is 5.75 Å². The van der Waals surface area contributed by atoms with Gasteiger partial charge in [-0.25, -0.2) is 0 Å². The first-order valence-corrected chi connectivity index (χ1v) is 6.89. The fourth-order valence-electron chi connectivity index (χ4n) is 2.32. The molecule has 22 heavy (non-hydrogen) atoms. The quantitative estimate of drug-likeness (QED) is 0.670. The lowest BCUT2D eigenvalue weighted by Crippen LogP contribution is -2.58. The van der Waals surface area contributed by atoms with Gasteiger partial charge >= 0.3 is 0 Å². The monoisotopic (exact) mass is 329 g/mol. The maximum absolute atomic E-state index is 12.2. The summed E-state index contributed by atoms with van der Waals surface area (Å²) in [5.41, 5.74) is -0.0517. The number of hydrogen-bond acceptors (Lipinski definition) is 5. The molecular weight excluding hydrogens is 310 g/mol. The van der Waals surface area contributed by atoms with Crippen LogP contribution in [0.15, 0.2) is 24.3 Å². The van der Waals surface area contributed by atoms with E-state index in [1.807, 2.05) is 13.8 Å². The number of nitrogens with one attached hydrogen (secondary N) is 1. The second-order valence-electron chi connectivity index (χ2n) is 5.11. The Morgan fingerprint density at radius 3 is 2.91 bits per heavy atom. The minimum atomic E-state index is -0.491. The Labute approximate surface area is 135 Å². The number of piperazine rings is 1. The van der Waals surface area contributed by atoms with Crippen LogP contribution < -0.4 is 10.1 Å². The zero-order chi connectivity index (χ0) is 15.4. The fraction of sp³-hybridized carbons (Fsp3) is 0.500. The molecule has 0 spiro atoms. The topological polar surface area (TPSA) is 84.7 Å².